The van der Waals surface area contributed by atoms with E-state index in [0.29, 0.717) is 31.9 Å². The molecule has 0 saturated heterocycles. The van der Waals surface area contributed by atoms with E-state index in [1.165, 1.54) is 0 Å². The molecule has 0 saturated carbocycles. The van der Waals surface area contributed by atoms with Crippen LogP contribution in [0.5, 0.6) is 0 Å². The van der Waals surface area contributed by atoms with Crippen LogP contribution in [-0.4, -0.2) is 42.5 Å². The van der Waals surface area contributed by atoms with Crippen molar-refractivity contribution in [1.29, 1.82) is 0 Å². The number of carbonyl (C=O) groups excluding carboxylic acids is 1. The zero-order valence-corrected chi connectivity index (χ0v) is 13.0. The number of aromatic nitrogens is 1. The fourth-order valence-corrected chi connectivity index (χ4v) is 2.50. The molecule has 0 spiro atoms. The summed E-state index contributed by atoms with van der Waals surface area (Å²) in [5.41, 5.74) is 1.23. The highest BCUT2D eigenvalue weighted by Gasteiger charge is 2.21. The lowest BCUT2D eigenvalue weighted by Gasteiger charge is -2.08. The third kappa shape index (κ3) is 3.65. The number of nitrogens with one attached hydrogen (secondary N) is 1. The number of benzene rings is 1. The molecule has 0 bridgehead atoms. The smallest absolute Gasteiger partial charge is 0.270 e. The molecule has 6 nitrogen and oxygen atoms in total. The molecule has 1 atom stereocenters. The van der Waals surface area contributed by atoms with Crippen molar-refractivity contribution >= 4 is 22.4 Å². The number of hydrogen-bond donors (Lipinski definition) is 1. The number of carbonyl (C=O) groups is 1. The average molecular weight is 313 g/mol. The number of amides is 1. The predicted molar refractivity (Wildman–Crippen MR) is 87.5 cm³/mol. The molecule has 1 aliphatic heterocycles. The summed E-state index contributed by atoms with van der Waals surface area (Å²) in [5, 5.41) is 8.69. The normalized spacial score (nSPS) is 16.9. The number of nitrogens with zero attached hydrogens (tertiary/aromatic N) is 2. The van der Waals surface area contributed by atoms with E-state index in [-0.39, 0.29) is 12.0 Å². The summed E-state index contributed by atoms with van der Waals surface area (Å²) in [6, 6.07) is 9.58. The number of rotatable bonds is 6. The van der Waals surface area contributed by atoms with Gasteiger partial charge in [-0.05, 0) is 18.4 Å². The van der Waals surface area contributed by atoms with Crippen LogP contribution in [0.4, 0.5) is 0 Å². The highest BCUT2D eigenvalue weighted by atomic mass is 16.7. The van der Waals surface area contributed by atoms with E-state index >= 15 is 0 Å². The Morgan fingerprint density at radius 1 is 1.39 bits per heavy atom. The van der Waals surface area contributed by atoms with Gasteiger partial charge in [-0.25, -0.2) is 0 Å². The van der Waals surface area contributed by atoms with E-state index in [4.69, 9.17) is 9.57 Å². The lowest BCUT2D eigenvalue weighted by Crippen LogP contribution is -2.30. The fourth-order valence-electron chi connectivity index (χ4n) is 2.50. The number of ether oxygens (including phenoxy) is 1. The highest BCUT2D eigenvalue weighted by Crippen LogP contribution is 2.16. The Morgan fingerprint density at radius 2 is 2.26 bits per heavy atom. The van der Waals surface area contributed by atoms with Crippen LogP contribution in [0.2, 0.25) is 0 Å². The van der Waals surface area contributed by atoms with Crippen molar-refractivity contribution in [3.8, 4) is 0 Å². The van der Waals surface area contributed by atoms with E-state index in [2.05, 4.69) is 15.5 Å². The minimum Gasteiger partial charge on any atom is -0.390 e. The molecule has 3 rings (SSSR count). The van der Waals surface area contributed by atoms with Gasteiger partial charge in [0.05, 0.1) is 18.9 Å². The lowest BCUT2D eigenvalue weighted by atomic mass is 10.1. The minimum absolute atomic E-state index is 0.0578. The van der Waals surface area contributed by atoms with Crippen molar-refractivity contribution in [1.82, 2.24) is 10.3 Å². The summed E-state index contributed by atoms with van der Waals surface area (Å²) in [4.78, 5) is 21.9. The van der Waals surface area contributed by atoms with Gasteiger partial charge in [-0.1, -0.05) is 29.4 Å². The van der Waals surface area contributed by atoms with Gasteiger partial charge in [0.1, 0.15) is 5.69 Å². The number of fused-ring (bicyclic) bond motifs is 1. The van der Waals surface area contributed by atoms with Crippen LogP contribution in [0.3, 0.4) is 0 Å². The summed E-state index contributed by atoms with van der Waals surface area (Å²) >= 11 is 0. The molecule has 1 N–H and O–H groups in total. The summed E-state index contributed by atoms with van der Waals surface area (Å²) in [6.45, 7) is 3.46. The van der Waals surface area contributed by atoms with Crippen LogP contribution in [0.15, 0.2) is 41.7 Å². The van der Waals surface area contributed by atoms with E-state index in [1.54, 1.807) is 6.20 Å². The van der Waals surface area contributed by atoms with Crippen LogP contribution in [-0.2, 0) is 9.57 Å². The third-order valence-corrected chi connectivity index (χ3v) is 3.64. The predicted octanol–water partition coefficient (Wildman–Crippen LogP) is 2.15. The second-order valence-electron chi connectivity index (χ2n) is 5.31. The molecule has 23 heavy (non-hydrogen) atoms. The van der Waals surface area contributed by atoms with Gasteiger partial charge in [0.25, 0.3) is 5.91 Å². The summed E-state index contributed by atoms with van der Waals surface area (Å²) < 4.78 is 5.31. The van der Waals surface area contributed by atoms with E-state index < -0.39 is 0 Å². The molecule has 1 aliphatic rings. The van der Waals surface area contributed by atoms with Crippen LogP contribution < -0.4 is 5.32 Å². The fraction of sp³-hybridized carbons (Fsp3) is 0.353. The maximum Gasteiger partial charge on any atom is 0.270 e. The number of hydrogen-bond acceptors (Lipinski definition) is 5. The van der Waals surface area contributed by atoms with Gasteiger partial charge in [0.15, 0.2) is 6.10 Å². The van der Waals surface area contributed by atoms with Crippen LogP contribution in [0.1, 0.15) is 23.8 Å². The van der Waals surface area contributed by atoms with Gasteiger partial charge in [0.2, 0.25) is 0 Å². The van der Waals surface area contributed by atoms with Crippen molar-refractivity contribution in [3.05, 3.63) is 42.2 Å². The highest BCUT2D eigenvalue weighted by molar-refractivity contribution is 6.06. The van der Waals surface area contributed by atoms with Gasteiger partial charge < -0.3 is 14.9 Å². The molecule has 1 amide bonds. The van der Waals surface area contributed by atoms with Crippen LogP contribution in [0.25, 0.3) is 10.8 Å². The molecular weight excluding hydrogens is 294 g/mol. The molecule has 0 aliphatic carbocycles. The minimum atomic E-state index is -0.210. The maximum absolute atomic E-state index is 12.4. The Bertz CT molecular complexity index is 725. The lowest BCUT2D eigenvalue weighted by molar-refractivity contribution is 0.00672. The molecule has 2 heterocycles. The van der Waals surface area contributed by atoms with Gasteiger partial charge in [-0.15, -0.1) is 0 Å². The van der Waals surface area contributed by atoms with Crippen molar-refractivity contribution < 1.29 is 14.4 Å². The Balaban J connectivity index is 1.60. The second-order valence-corrected chi connectivity index (χ2v) is 5.31. The first kappa shape index (κ1) is 15.4. The largest absolute Gasteiger partial charge is 0.390 e. The van der Waals surface area contributed by atoms with Crippen LogP contribution >= 0.6 is 0 Å². The zero-order chi connectivity index (χ0) is 16.1. The monoisotopic (exact) mass is 313 g/mol. The summed E-state index contributed by atoms with van der Waals surface area (Å²) in [6.07, 6.45) is 2.26. The molecule has 0 fully saturated rings. The van der Waals surface area contributed by atoms with Crippen molar-refractivity contribution in [3.63, 3.8) is 0 Å². The first-order valence-electron chi connectivity index (χ1n) is 7.69. The Morgan fingerprint density at radius 3 is 3.13 bits per heavy atom. The van der Waals surface area contributed by atoms with E-state index in [0.717, 1.165) is 16.5 Å². The van der Waals surface area contributed by atoms with Gasteiger partial charge in [0, 0.05) is 24.6 Å². The molecule has 1 aromatic heterocycles. The summed E-state index contributed by atoms with van der Waals surface area (Å²) in [7, 11) is 0. The quantitative estimate of drug-likeness (QED) is 0.887. The Kier molecular flexibility index (Phi) is 4.83. The molecule has 2 aromatic rings. The molecule has 6 heteroatoms. The van der Waals surface area contributed by atoms with Gasteiger partial charge in [-0.3, -0.25) is 9.78 Å². The molecular formula is C17H19N3O3. The van der Waals surface area contributed by atoms with Crippen molar-refractivity contribution in [2.45, 2.75) is 19.4 Å². The first-order valence-corrected chi connectivity index (χ1v) is 7.69. The van der Waals surface area contributed by atoms with Crippen LogP contribution in [0, 0.1) is 0 Å². The number of pyridine rings is 1. The topological polar surface area (TPSA) is 72.8 Å². The average Bonchev–Trinajstić information content (AvgIpc) is 3.05. The van der Waals surface area contributed by atoms with Gasteiger partial charge in [-0.2, -0.15) is 0 Å². The maximum atomic E-state index is 12.4. The third-order valence-electron chi connectivity index (χ3n) is 3.64. The molecule has 1 aromatic carbocycles. The molecule has 1 unspecified atom stereocenters. The molecule has 0 radical (unpaired) electrons. The van der Waals surface area contributed by atoms with Crippen molar-refractivity contribution in [2.75, 3.05) is 19.8 Å². The molecule has 120 valence electrons. The standard InChI is InChI=1S/C17H19N3O3/c1-2-22-11-14-9-13(20-23-14)10-19-17(21)16-15-6-4-3-5-12(15)7-8-18-16/h3-8,14H,2,9-11H2,1H3,(H,19,21). The van der Waals surface area contributed by atoms with Gasteiger partial charge >= 0.3 is 0 Å². The van der Waals surface area contributed by atoms with Crippen molar-refractivity contribution in [2.24, 2.45) is 5.16 Å². The van der Waals surface area contributed by atoms with E-state index in [9.17, 15) is 4.79 Å². The Labute approximate surface area is 134 Å². The SMILES string of the molecule is CCOCC1CC(CNC(=O)c2nccc3ccccc23)=NO1. The first-order chi connectivity index (χ1) is 11.3. The second kappa shape index (κ2) is 7.19. The van der Waals surface area contributed by atoms with E-state index in [1.807, 2.05) is 37.3 Å². The zero-order valence-electron chi connectivity index (χ0n) is 13.0. The number of oxime groups is 1. The summed E-state index contributed by atoms with van der Waals surface area (Å²) in [5.74, 6) is -0.210. The Hall–Kier alpha value is -2.47.